The van der Waals surface area contributed by atoms with Crippen LogP contribution in [-0.2, 0) is 25.9 Å². The van der Waals surface area contributed by atoms with Gasteiger partial charge in [-0.3, -0.25) is 9.19 Å². The lowest BCUT2D eigenvalue weighted by Crippen LogP contribution is -2.41. The van der Waals surface area contributed by atoms with Gasteiger partial charge in [0.25, 0.3) is 0 Å². The molecular weight excluding hydrogens is 296 g/mol. The maximum Gasteiger partial charge on any atom is 0.514 e. The monoisotopic (exact) mass is 315 g/mol. The van der Waals surface area contributed by atoms with Gasteiger partial charge < -0.3 is 9.31 Å². The van der Waals surface area contributed by atoms with E-state index in [2.05, 4.69) is 4.98 Å². The second-order valence-corrected chi connectivity index (χ2v) is 7.88. The van der Waals surface area contributed by atoms with Crippen molar-refractivity contribution in [3.8, 4) is 0 Å². The van der Waals surface area contributed by atoms with Crippen molar-refractivity contribution in [3.05, 3.63) is 22.8 Å². The van der Waals surface area contributed by atoms with Gasteiger partial charge in [-0.1, -0.05) is 11.6 Å². The summed E-state index contributed by atoms with van der Waals surface area (Å²) in [5.74, 6) is 0.382. The lowest BCUT2D eigenvalue weighted by atomic mass is 9.81. The molecule has 0 saturated carbocycles. The van der Waals surface area contributed by atoms with Gasteiger partial charge in [-0.05, 0) is 39.3 Å². The van der Waals surface area contributed by atoms with Gasteiger partial charge >= 0.3 is 7.12 Å². The molecule has 1 unspecified atom stereocenters. The molecule has 0 spiro atoms. The summed E-state index contributed by atoms with van der Waals surface area (Å²) < 4.78 is 23.5. The Morgan fingerprint density at radius 2 is 1.85 bits per heavy atom. The van der Waals surface area contributed by atoms with E-state index in [4.69, 9.17) is 20.9 Å². The molecule has 110 valence electrons. The second kappa shape index (κ2) is 5.41. The first-order chi connectivity index (χ1) is 9.12. The molecule has 1 fully saturated rings. The Morgan fingerprint density at radius 3 is 2.35 bits per heavy atom. The predicted octanol–water partition coefficient (Wildman–Crippen LogP) is 1.91. The van der Waals surface area contributed by atoms with Crippen LogP contribution in [-0.4, -0.2) is 33.8 Å². The Balaban J connectivity index is 2.37. The van der Waals surface area contributed by atoms with Crippen molar-refractivity contribution in [3.63, 3.8) is 0 Å². The maximum atomic E-state index is 11.5. The zero-order chi connectivity index (χ0) is 15.1. The van der Waals surface area contributed by atoms with E-state index in [0.717, 1.165) is 5.56 Å². The fraction of sp³-hybridized carbons (Fsp3) is 0.615. The zero-order valence-corrected chi connectivity index (χ0v) is 14.0. The summed E-state index contributed by atoms with van der Waals surface area (Å²) in [6.07, 6.45) is 3.21. The van der Waals surface area contributed by atoms with E-state index in [1.54, 1.807) is 18.5 Å². The Labute approximate surface area is 127 Å². The minimum absolute atomic E-state index is 0.382. The molecule has 2 rings (SSSR count). The smallest absolute Gasteiger partial charge is 0.398 e. The molecule has 0 radical (unpaired) electrons. The fourth-order valence-electron chi connectivity index (χ4n) is 1.99. The van der Waals surface area contributed by atoms with Gasteiger partial charge in [-0.2, -0.15) is 0 Å². The molecule has 0 bridgehead atoms. The number of hydrogen-bond acceptors (Lipinski definition) is 4. The lowest BCUT2D eigenvalue weighted by Gasteiger charge is -2.32. The van der Waals surface area contributed by atoms with Crippen molar-refractivity contribution >= 4 is 35.1 Å². The number of hydrogen-bond donors (Lipinski definition) is 0. The Hall–Kier alpha value is -0.425. The minimum atomic E-state index is -0.983. The van der Waals surface area contributed by atoms with E-state index >= 15 is 0 Å². The number of aromatic nitrogens is 1. The van der Waals surface area contributed by atoms with E-state index in [1.165, 1.54) is 0 Å². The molecule has 1 aliphatic rings. The highest BCUT2D eigenvalue weighted by Crippen LogP contribution is 2.36. The maximum absolute atomic E-state index is 11.5. The Kier molecular flexibility index (Phi) is 4.31. The van der Waals surface area contributed by atoms with Crippen LogP contribution in [0.5, 0.6) is 0 Å². The quantitative estimate of drug-likeness (QED) is 0.800. The largest absolute Gasteiger partial charge is 0.514 e. The highest BCUT2D eigenvalue weighted by atomic mass is 35.5. The van der Waals surface area contributed by atoms with Crippen LogP contribution >= 0.6 is 11.6 Å². The molecule has 2 heterocycles. The third-order valence-electron chi connectivity index (χ3n) is 3.80. The Bertz CT molecular complexity index is 534. The van der Waals surface area contributed by atoms with Gasteiger partial charge in [-0.25, -0.2) is 0 Å². The third-order valence-corrected chi connectivity index (χ3v) is 4.73. The van der Waals surface area contributed by atoms with Crippen molar-refractivity contribution in [1.29, 1.82) is 0 Å². The van der Waals surface area contributed by atoms with Crippen molar-refractivity contribution in [2.75, 3.05) is 6.26 Å². The molecule has 1 aromatic heterocycles. The normalized spacial score (nSPS) is 22.0. The summed E-state index contributed by atoms with van der Waals surface area (Å²) in [6.45, 7) is 7.95. The summed E-state index contributed by atoms with van der Waals surface area (Å²) in [7, 11) is -1.54. The van der Waals surface area contributed by atoms with E-state index in [-0.39, 0.29) is 0 Å². The van der Waals surface area contributed by atoms with Gasteiger partial charge in [0.15, 0.2) is 0 Å². The van der Waals surface area contributed by atoms with Crippen molar-refractivity contribution in [1.82, 2.24) is 4.98 Å². The van der Waals surface area contributed by atoms with Gasteiger partial charge in [0.1, 0.15) is 0 Å². The van der Waals surface area contributed by atoms with E-state index in [9.17, 15) is 4.21 Å². The zero-order valence-electron chi connectivity index (χ0n) is 12.4. The van der Waals surface area contributed by atoms with E-state index < -0.39 is 29.1 Å². The average molecular weight is 316 g/mol. The van der Waals surface area contributed by atoms with E-state index in [1.807, 2.05) is 27.7 Å². The first-order valence-electron chi connectivity index (χ1n) is 6.42. The molecule has 7 heteroatoms. The van der Waals surface area contributed by atoms with Crippen LogP contribution in [0.25, 0.3) is 0 Å². The molecule has 20 heavy (non-hydrogen) atoms. The highest BCUT2D eigenvalue weighted by Gasteiger charge is 2.52. The number of rotatable bonds is 3. The fourth-order valence-corrected chi connectivity index (χ4v) is 2.84. The third kappa shape index (κ3) is 3.08. The van der Waals surface area contributed by atoms with Crippen molar-refractivity contribution < 1.29 is 13.5 Å². The molecule has 1 atom stereocenters. The molecule has 1 saturated heterocycles. The molecule has 0 aromatic carbocycles. The minimum Gasteiger partial charge on any atom is -0.398 e. The van der Waals surface area contributed by atoms with Crippen LogP contribution < -0.4 is 5.59 Å². The number of nitrogens with zero attached hydrogens (tertiary/aromatic N) is 1. The standard InChI is InChI=1S/C13H19BClNO3S/c1-12(2)13(3,4)19-14(18-12)11-9(8-20(5)17)6-10(15)7-16-11/h6-7H,8H2,1-5H3. The average Bonchev–Trinajstić information content (AvgIpc) is 2.46. The summed E-state index contributed by atoms with van der Waals surface area (Å²) in [4.78, 5) is 4.33. The summed E-state index contributed by atoms with van der Waals surface area (Å²) in [5.41, 5.74) is 0.601. The molecule has 0 amide bonds. The van der Waals surface area contributed by atoms with Crippen LogP contribution in [0, 0.1) is 0 Å². The first kappa shape index (κ1) is 16.0. The molecule has 0 N–H and O–H groups in total. The van der Waals surface area contributed by atoms with Crippen LogP contribution in [0.4, 0.5) is 0 Å². The van der Waals surface area contributed by atoms with Crippen LogP contribution in [0.3, 0.4) is 0 Å². The molecule has 1 aliphatic heterocycles. The predicted molar refractivity (Wildman–Crippen MR) is 82.7 cm³/mol. The first-order valence-corrected chi connectivity index (χ1v) is 8.53. The van der Waals surface area contributed by atoms with Gasteiger partial charge in [0.2, 0.25) is 0 Å². The highest BCUT2D eigenvalue weighted by molar-refractivity contribution is 7.83. The molecule has 1 aromatic rings. The number of halogens is 1. The second-order valence-electron chi connectivity index (χ2n) is 6.00. The number of pyridine rings is 1. The van der Waals surface area contributed by atoms with Gasteiger partial charge in [0, 0.05) is 29.0 Å². The van der Waals surface area contributed by atoms with E-state index in [0.29, 0.717) is 16.4 Å². The molecule has 4 nitrogen and oxygen atoms in total. The van der Waals surface area contributed by atoms with Crippen LogP contribution in [0.1, 0.15) is 33.3 Å². The van der Waals surface area contributed by atoms with Gasteiger partial charge in [0.05, 0.1) is 21.8 Å². The SMILES string of the molecule is CS(=O)Cc1cc(Cl)cnc1B1OC(C)(C)C(C)(C)O1. The van der Waals surface area contributed by atoms with Crippen molar-refractivity contribution in [2.45, 2.75) is 44.6 Å². The summed E-state index contributed by atoms with van der Waals surface area (Å²) >= 11 is 5.98. The molecule has 0 aliphatic carbocycles. The van der Waals surface area contributed by atoms with Crippen LogP contribution in [0.15, 0.2) is 12.3 Å². The summed E-state index contributed by atoms with van der Waals surface area (Å²) in [5, 5.41) is 0.519. The molecular formula is C13H19BClNO3S. The Morgan fingerprint density at radius 1 is 1.30 bits per heavy atom. The summed E-state index contributed by atoms with van der Waals surface area (Å²) in [6, 6.07) is 1.77. The topological polar surface area (TPSA) is 48.4 Å². The van der Waals surface area contributed by atoms with Crippen LogP contribution in [0.2, 0.25) is 5.02 Å². The van der Waals surface area contributed by atoms with Crippen molar-refractivity contribution in [2.24, 2.45) is 0 Å². The lowest BCUT2D eigenvalue weighted by molar-refractivity contribution is 0.00578. The van der Waals surface area contributed by atoms with Gasteiger partial charge in [-0.15, -0.1) is 0 Å².